The van der Waals surface area contributed by atoms with Gasteiger partial charge in [-0.15, -0.1) is 22.9 Å². The summed E-state index contributed by atoms with van der Waals surface area (Å²) in [7, 11) is 0. The average molecular weight is 229 g/mol. The number of carbonyl (C=O) groups excluding carboxylic acids is 1. The first-order chi connectivity index (χ1) is 6.77. The minimum Gasteiger partial charge on any atom is -0.298 e. The van der Waals surface area contributed by atoms with E-state index in [1.165, 1.54) is 17.4 Å². The average Bonchev–Trinajstić information content (AvgIpc) is 2.62. The Labute approximate surface area is 89.1 Å². The summed E-state index contributed by atoms with van der Waals surface area (Å²) < 4.78 is 14.2. The molecule has 0 fully saturated rings. The highest BCUT2D eigenvalue weighted by molar-refractivity contribution is 7.17. The lowest BCUT2D eigenvalue weighted by molar-refractivity contribution is 0.111. The van der Waals surface area contributed by atoms with E-state index in [9.17, 15) is 9.18 Å². The summed E-state index contributed by atoms with van der Waals surface area (Å²) in [5.41, 5.74) is 0.656. The molecule has 0 N–H and O–H groups in total. The van der Waals surface area contributed by atoms with Crippen molar-refractivity contribution in [2.75, 3.05) is 0 Å². The summed E-state index contributed by atoms with van der Waals surface area (Å²) >= 11 is 7.13. The predicted octanol–water partition coefficient (Wildman–Crippen LogP) is 3.59. The summed E-state index contributed by atoms with van der Waals surface area (Å²) in [6.07, 6.45) is 0.518. The van der Waals surface area contributed by atoms with Gasteiger partial charge in [-0.25, -0.2) is 4.39 Å². The molecule has 1 nitrogen and oxygen atoms in total. The van der Waals surface area contributed by atoms with E-state index in [4.69, 9.17) is 11.6 Å². The molecular formula is C10H6ClFOS. The second kappa shape index (κ2) is 3.67. The fraction of sp³-hybridized carbons (Fsp3) is 0.100. The molecule has 0 saturated heterocycles. The quantitative estimate of drug-likeness (QED) is 0.567. The molecule has 0 atom stereocenters. The van der Waals surface area contributed by atoms with Gasteiger partial charge >= 0.3 is 0 Å². The molecule has 2 rings (SSSR count). The van der Waals surface area contributed by atoms with Gasteiger partial charge in [-0.3, -0.25) is 4.79 Å². The summed E-state index contributed by atoms with van der Waals surface area (Å²) in [4.78, 5) is 10.7. The molecule has 1 heterocycles. The van der Waals surface area contributed by atoms with Crippen molar-refractivity contribution in [2.45, 2.75) is 5.88 Å². The fourth-order valence-electron chi connectivity index (χ4n) is 1.44. The second-order valence-electron chi connectivity index (χ2n) is 2.83. The number of aldehydes is 1. The standard InChI is InChI=1S/C10H6ClFOS/c11-4-7-6-1-2-14-10(6)3-9(12)8(7)5-13/h1-3,5H,4H2. The summed E-state index contributed by atoms with van der Waals surface area (Å²) in [6, 6.07) is 3.23. The van der Waals surface area contributed by atoms with Crippen LogP contribution in [-0.2, 0) is 5.88 Å². The van der Waals surface area contributed by atoms with Crippen molar-refractivity contribution in [2.24, 2.45) is 0 Å². The van der Waals surface area contributed by atoms with Gasteiger partial charge in [0, 0.05) is 10.6 Å². The molecule has 1 aromatic carbocycles. The lowest BCUT2D eigenvalue weighted by Crippen LogP contribution is -1.94. The predicted molar refractivity (Wildman–Crippen MR) is 56.7 cm³/mol. The minimum absolute atomic E-state index is 0.0749. The Morgan fingerprint density at radius 2 is 2.36 bits per heavy atom. The molecular weight excluding hydrogens is 223 g/mol. The maximum absolute atomic E-state index is 13.4. The molecule has 0 bridgehead atoms. The molecule has 0 radical (unpaired) electrons. The topological polar surface area (TPSA) is 17.1 Å². The van der Waals surface area contributed by atoms with Gasteiger partial charge in [0.1, 0.15) is 5.82 Å². The number of rotatable bonds is 2. The van der Waals surface area contributed by atoms with Gasteiger partial charge in [0.15, 0.2) is 6.29 Å². The molecule has 72 valence electrons. The highest BCUT2D eigenvalue weighted by Crippen LogP contribution is 2.29. The van der Waals surface area contributed by atoms with E-state index in [1.807, 2.05) is 11.4 Å². The zero-order valence-electron chi connectivity index (χ0n) is 7.09. The molecule has 0 aliphatic carbocycles. The van der Waals surface area contributed by atoms with Crippen LogP contribution in [0, 0.1) is 5.82 Å². The van der Waals surface area contributed by atoms with E-state index in [1.54, 1.807) is 0 Å². The van der Waals surface area contributed by atoms with Crippen LogP contribution in [-0.4, -0.2) is 6.29 Å². The number of benzene rings is 1. The third-order valence-corrected chi connectivity index (χ3v) is 3.24. The molecule has 0 aliphatic rings. The number of fused-ring (bicyclic) bond motifs is 1. The van der Waals surface area contributed by atoms with Crippen LogP contribution in [0.4, 0.5) is 4.39 Å². The molecule has 0 aliphatic heterocycles. The van der Waals surface area contributed by atoms with Crippen LogP contribution in [0.25, 0.3) is 10.1 Å². The maximum Gasteiger partial charge on any atom is 0.153 e. The number of alkyl halides is 1. The number of halogens is 2. The summed E-state index contributed by atoms with van der Waals surface area (Å²) in [5.74, 6) is -0.343. The van der Waals surface area contributed by atoms with Gasteiger partial charge in [-0.1, -0.05) is 0 Å². The largest absolute Gasteiger partial charge is 0.298 e. The lowest BCUT2D eigenvalue weighted by Gasteiger charge is -2.03. The monoisotopic (exact) mass is 228 g/mol. The zero-order valence-corrected chi connectivity index (χ0v) is 8.66. The van der Waals surface area contributed by atoms with Crippen molar-refractivity contribution in [3.63, 3.8) is 0 Å². The van der Waals surface area contributed by atoms with E-state index in [0.29, 0.717) is 11.8 Å². The Bertz CT molecular complexity index is 492. The normalized spacial score (nSPS) is 10.7. The Kier molecular flexibility index (Phi) is 2.52. The lowest BCUT2D eigenvalue weighted by atomic mass is 10.1. The van der Waals surface area contributed by atoms with Gasteiger partial charge in [-0.2, -0.15) is 0 Å². The first kappa shape index (κ1) is 9.62. The molecule has 0 unspecified atom stereocenters. The highest BCUT2D eigenvalue weighted by atomic mass is 35.5. The third kappa shape index (κ3) is 1.33. The van der Waals surface area contributed by atoms with Crippen molar-refractivity contribution < 1.29 is 9.18 Å². The first-order valence-corrected chi connectivity index (χ1v) is 5.39. The molecule has 0 spiro atoms. The van der Waals surface area contributed by atoms with Crippen LogP contribution in [0.3, 0.4) is 0 Å². The maximum atomic E-state index is 13.4. The van der Waals surface area contributed by atoms with Crippen LogP contribution in [0.5, 0.6) is 0 Å². The number of thiophene rings is 1. The van der Waals surface area contributed by atoms with E-state index in [2.05, 4.69) is 0 Å². The Hall–Kier alpha value is -0.930. The van der Waals surface area contributed by atoms with Gasteiger partial charge < -0.3 is 0 Å². The van der Waals surface area contributed by atoms with Gasteiger partial charge in [0.05, 0.1) is 5.56 Å². The van der Waals surface area contributed by atoms with E-state index in [-0.39, 0.29) is 11.4 Å². The smallest absolute Gasteiger partial charge is 0.153 e. The number of carbonyl (C=O) groups is 1. The first-order valence-electron chi connectivity index (χ1n) is 3.97. The number of hydrogen-bond donors (Lipinski definition) is 0. The Morgan fingerprint density at radius 1 is 1.57 bits per heavy atom. The Balaban J connectivity index is 2.88. The minimum atomic E-state index is -0.495. The second-order valence-corrected chi connectivity index (χ2v) is 4.05. The highest BCUT2D eigenvalue weighted by Gasteiger charge is 2.12. The Morgan fingerprint density at radius 3 is 3.00 bits per heavy atom. The third-order valence-electron chi connectivity index (χ3n) is 2.11. The van der Waals surface area contributed by atoms with Crippen LogP contribution >= 0.6 is 22.9 Å². The van der Waals surface area contributed by atoms with Crippen LogP contribution in [0.2, 0.25) is 0 Å². The van der Waals surface area contributed by atoms with Crippen molar-refractivity contribution in [3.05, 3.63) is 34.5 Å². The summed E-state index contributed by atoms with van der Waals surface area (Å²) in [5, 5.41) is 2.72. The van der Waals surface area contributed by atoms with Gasteiger partial charge in [-0.05, 0) is 28.5 Å². The van der Waals surface area contributed by atoms with Gasteiger partial charge in [0.25, 0.3) is 0 Å². The zero-order chi connectivity index (χ0) is 10.1. The molecule has 0 amide bonds. The molecule has 0 saturated carbocycles. The fourth-order valence-corrected chi connectivity index (χ4v) is 2.56. The van der Waals surface area contributed by atoms with Crippen LogP contribution in [0.15, 0.2) is 17.5 Å². The van der Waals surface area contributed by atoms with Crippen molar-refractivity contribution in [3.8, 4) is 0 Å². The molecule has 14 heavy (non-hydrogen) atoms. The van der Waals surface area contributed by atoms with Crippen molar-refractivity contribution in [1.29, 1.82) is 0 Å². The van der Waals surface area contributed by atoms with E-state index in [0.717, 1.165) is 10.1 Å². The van der Waals surface area contributed by atoms with E-state index >= 15 is 0 Å². The molecule has 4 heteroatoms. The molecule has 1 aromatic heterocycles. The molecule has 2 aromatic rings. The van der Waals surface area contributed by atoms with Crippen LogP contribution < -0.4 is 0 Å². The van der Waals surface area contributed by atoms with Crippen molar-refractivity contribution >= 4 is 39.3 Å². The number of hydrogen-bond acceptors (Lipinski definition) is 2. The summed E-state index contributed by atoms with van der Waals surface area (Å²) in [6.45, 7) is 0. The van der Waals surface area contributed by atoms with Crippen molar-refractivity contribution in [1.82, 2.24) is 0 Å². The van der Waals surface area contributed by atoms with E-state index < -0.39 is 5.82 Å². The van der Waals surface area contributed by atoms with Gasteiger partial charge in [0.2, 0.25) is 0 Å². The van der Waals surface area contributed by atoms with Crippen LogP contribution in [0.1, 0.15) is 15.9 Å². The SMILES string of the molecule is O=Cc1c(F)cc2sccc2c1CCl.